The first-order chi connectivity index (χ1) is 10.3. The number of benzene rings is 2. The van der Waals surface area contributed by atoms with Crippen molar-refractivity contribution >= 4 is 38.6 Å². The SMILES string of the molecule is Brc1sc(N/N=C/c2ccccc2)nc1-c1ccccc1. The molecule has 0 aliphatic carbocycles. The van der Waals surface area contributed by atoms with E-state index in [1.54, 1.807) is 6.21 Å². The van der Waals surface area contributed by atoms with E-state index in [1.165, 1.54) is 11.3 Å². The van der Waals surface area contributed by atoms with Crippen LogP contribution < -0.4 is 5.43 Å². The molecule has 1 heterocycles. The zero-order chi connectivity index (χ0) is 14.5. The highest BCUT2D eigenvalue weighted by Gasteiger charge is 2.09. The molecule has 0 spiro atoms. The Hall–Kier alpha value is -1.98. The van der Waals surface area contributed by atoms with Crippen molar-refractivity contribution in [3.63, 3.8) is 0 Å². The Morgan fingerprint density at radius 3 is 2.38 bits per heavy atom. The Kier molecular flexibility index (Phi) is 4.43. The number of hydrogen-bond acceptors (Lipinski definition) is 4. The Balaban J connectivity index is 1.75. The molecule has 0 saturated carbocycles. The standard InChI is InChI=1S/C16H12BrN3S/c17-15-14(13-9-5-2-6-10-13)19-16(21-15)20-18-11-12-7-3-1-4-8-12/h1-11H,(H,19,20)/b18-11+. The Morgan fingerprint density at radius 1 is 1.00 bits per heavy atom. The summed E-state index contributed by atoms with van der Waals surface area (Å²) >= 11 is 5.08. The Morgan fingerprint density at radius 2 is 1.67 bits per heavy atom. The second-order valence-corrected chi connectivity index (χ2v) is 6.61. The second kappa shape index (κ2) is 6.65. The predicted octanol–water partition coefficient (Wildman–Crippen LogP) is 5.02. The highest BCUT2D eigenvalue weighted by molar-refractivity contribution is 9.11. The van der Waals surface area contributed by atoms with E-state index >= 15 is 0 Å². The highest BCUT2D eigenvalue weighted by atomic mass is 79.9. The van der Waals surface area contributed by atoms with Crippen LogP contribution in [0.1, 0.15) is 5.56 Å². The summed E-state index contributed by atoms with van der Waals surface area (Å²) in [6.45, 7) is 0. The van der Waals surface area contributed by atoms with E-state index < -0.39 is 0 Å². The number of anilines is 1. The molecule has 0 unspecified atom stereocenters. The number of nitrogens with one attached hydrogen (secondary N) is 1. The van der Waals surface area contributed by atoms with Crippen LogP contribution in [-0.4, -0.2) is 11.2 Å². The summed E-state index contributed by atoms with van der Waals surface area (Å²) in [4.78, 5) is 4.56. The first-order valence-corrected chi connectivity index (χ1v) is 8.00. The summed E-state index contributed by atoms with van der Waals surface area (Å²) in [6.07, 6.45) is 1.78. The molecule has 1 N–H and O–H groups in total. The molecule has 0 fully saturated rings. The minimum Gasteiger partial charge on any atom is -0.253 e. The summed E-state index contributed by atoms with van der Waals surface area (Å²) in [6, 6.07) is 20.0. The lowest BCUT2D eigenvalue weighted by Crippen LogP contribution is -1.89. The number of hydrogen-bond donors (Lipinski definition) is 1. The number of halogens is 1. The number of hydrazone groups is 1. The molecular weight excluding hydrogens is 346 g/mol. The number of thiazole rings is 1. The lowest BCUT2D eigenvalue weighted by molar-refractivity contribution is 1.29. The van der Waals surface area contributed by atoms with Gasteiger partial charge >= 0.3 is 0 Å². The van der Waals surface area contributed by atoms with Gasteiger partial charge in [-0.2, -0.15) is 5.10 Å². The largest absolute Gasteiger partial charge is 0.253 e. The van der Waals surface area contributed by atoms with Crippen molar-refractivity contribution in [2.24, 2.45) is 5.10 Å². The van der Waals surface area contributed by atoms with Gasteiger partial charge in [0.1, 0.15) is 0 Å². The molecule has 1 aromatic heterocycles. The van der Waals surface area contributed by atoms with Crippen molar-refractivity contribution in [2.45, 2.75) is 0 Å². The van der Waals surface area contributed by atoms with Crippen LogP contribution in [0.15, 0.2) is 69.6 Å². The van der Waals surface area contributed by atoms with E-state index in [0.717, 1.165) is 25.7 Å². The van der Waals surface area contributed by atoms with Gasteiger partial charge in [0, 0.05) is 5.56 Å². The van der Waals surface area contributed by atoms with Crippen molar-refractivity contribution < 1.29 is 0 Å². The summed E-state index contributed by atoms with van der Waals surface area (Å²) in [5.74, 6) is 0. The zero-order valence-electron chi connectivity index (χ0n) is 11.0. The number of rotatable bonds is 4. The smallest absolute Gasteiger partial charge is 0.205 e. The predicted molar refractivity (Wildman–Crippen MR) is 92.9 cm³/mol. The molecule has 104 valence electrons. The molecule has 0 bridgehead atoms. The molecule has 2 aromatic carbocycles. The minimum absolute atomic E-state index is 0.757. The third-order valence-corrected chi connectivity index (χ3v) is 4.42. The lowest BCUT2D eigenvalue weighted by atomic mass is 10.2. The lowest BCUT2D eigenvalue weighted by Gasteiger charge is -1.96. The van der Waals surface area contributed by atoms with Crippen molar-refractivity contribution in [1.82, 2.24) is 4.98 Å². The maximum Gasteiger partial charge on any atom is 0.205 e. The average Bonchev–Trinajstić information content (AvgIpc) is 2.90. The molecule has 3 aromatic rings. The van der Waals surface area contributed by atoms with E-state index in [1.807, 2.05) is 60.7 Å². The fourth-order valence-electron chi connectivity index (χ4n) is 1.82. The first-order valence-electron chi connectivity index (χ1n) is 6.39. The Bertz CT molecular complexity index is 739. The monoisotopic (exact) mass is 357 g/mol. The van der Waals surface area contributed by atoms with Crippen molar-refractivity contribution in [3.05, 3.63) is 70.0 Å². The number of nitrogens with zero attached hydrogens (tertiary/aromatic N) is 2. The van der Waals surface area contributed by atoms with Crippen LogP contribution in [0.25, 0.3) is 11.3 Å². The van der Waals surface area contributed by atoms with Crippen molar-refractivity contribution in [1.29, 1.82) is 0 Å². The van der Waals surface area contributed by atoms with Gasteiger partial charge in [0.05, 0.1) is 15.7 Å². The van der Waals surface area contributed by atoms with E-state index in [0.29, 0.717) is 0 Å². The van der Waals surface area contributed by atoms with Crippen molar-refractivity contribution in [2.75, 3.05) is 5.43 Å². The molecular formula is C16H12BrN3S. The van der Waals surface area contributed by atoms with Gasteiger partial charge in [-0.1, -0.05) is 72.0 Å². The molecule has 5 heteroatoms. The molecule has 0 radical (unpaired) electrons. The summed E-state index contributed by atoms with van der Waals surface area (Å²) in [5, 5.41) is 4.97. The van der Waals surface area contributed by atoms with E-state index in [4.69, 9.17) is 0 Å². The second-order valence-electron chi connectivity index (χ2n) is 4.29. The van der Waals surface area contributed by atoms with Gasteiger partial charge in [-0.25, -0.2) is 4.98 Å². The van der Waals surface area contributed by atoms with Crippen LogP contribution >= 0.6 is 27.3 Å². The van der Waals surface area contributed by atoms with Crippen LogP contribution in [0.3, 0.4) is 0 Å². The highest BCUT2D eigenvalue weighted by Crippen LogP contribution is 2.35. The maximum atomic E-state index is 4.56. The molecule has 21 heavy (non-hydrogen) atoms. The van der Waals surface area contributed by atoms with Crippen LogP contribution in [0.2, 0.25) is 0 Å². The molecule has 0 amide bonds. The molecule has 0 atom stereocenters. The molecule has 3 rings (SSSR count). The molecule has 0 saturated heterocycles. The molecule has 3 nitrogen and oxygen atoms in total. The Labute approximate surface area is 135 Å². The zero-order valence-corrected chi connectivity index (χ0v) is 13.4. The maximum absolute atomic E-state index is 4.56. The van der Waals surface area contributed by atoms with Crippen LogP contribution in [0.4, 0.5) is 5.13 Å². The van der Waals surface area contributed by atoms with E-state index in [2.05, 4.69) is 31.4 Å². The number of aromatic nitrogens is 1. The minimum atomic E-state index is 0.757. The van der Waals surface area contributed by atoms with Crippen molar-refractivity contribution in [3.8, 4) is 11.3 Å². The van der Waals surface area contributed by atoms with Gasteiger partial charge < -0.3 is 0 Å². The fraction of sp³-hybridized carbons (Fsp3) is 0. The van der Waals surface area contributed by atoms with E-state index in [-0.39, 0.29) is 0 Å². The normalized spacial score (nSPS) is 10.9. The van der Waals surface area contributed by atoms with Crippen LogP contribution in [-0.2, 0) is 0 Å². The van der Waals surface area contributed by atoms with Gasteiger partial charge in [0.15, 0.2) is 0 Å². The first kappa shape index (κ1) is 14.0. The summed E-state index contributed by atoms with van der Waals surface area (Å²) < 4.78 is 0.992. The molecule has 0 aliphatic heterocycles. The van der Waals surface area contributed by atoms with Gasteiger partial charge in [-0.15, -0.1) is 0 Å². The van der Waals surface area contributed by atoms with E-state index in [9.17, 15) is 0 Å². The van der Waals surface area contributed by atoms with Crippen LogP contribution in [0.5, 0.6) is 0 Å². The van der Waals surface area contributed by atoms with Gasteiger partial charge in [-0.05, 0) is 21.5 Å². The quantitative estimate of drug-likeness (QED) is 0.525. The molecule has 0 aliphatic rings. The van der Waals surface area contributed by atoms with Gasteiger partial charge in [0.25, 0.3) is 0 Å². The summed E-state index contributed by atoms with van der Waals surface area (Å²) in [5.41, 5.74) is 6.03. The third kappa shape index (κ3) is 3.56. The fourth-order valence-corrected chi connectivity index (χ4v) is 3.27. The average molecular weight is 358 g/mol. The topological polar surface area (TPSA) is 37.3 Å². The van der Waals surface area contributed by atoms with Gasteiger partial charge in [-0.3, -0.25) is 5.43 Å². The summed E-state index contributed by atoms with van der Waals surface area (Å²) in [7, 11) is 0. The van der Waals surface area contributed by atoms with Crippen LogP contribution in [0, 0.1) is 0 Å². The van der Waals surface area contributed by atoms with Gasteiger partial charge in [0.2, 0.25) is 5.13 Å². The third-order valence-electron chi connectivity index (χ3n) is 2.81.